The molecular formula is C26H17NS. The third-order valence-corrected chi connectivity index (χ3v) is 6.47. The molecule has 28 heavy (non-hydrogen) atoms. The standard InChI is InChI=1S/C26H17NS/c1-6-12-25-17(7-1)15-26(28-25)27-18-13-14-23-21-10-3-2-8-19(21)20-9-4-5-11-22(20)24(23)16-18/h1-16,27H. The van der Waals surface area contributed by atoms with Gasteiger partial charge in [0.05, 0.1) is 5.00 Å². The predicted octanol–water partition coefficient (Wildman–Crippen LogP) is 8.10. The normalized spacial score (nSPS) is 11.6. The minimum atomic E-state index is 1.12. The molecule has 0 fully saturated rings. The van der Waals surface area contributed by atoms with Crippen molar-refractivity contribution in [3.63, 3.8) is 0 Å². The van der Waals surface area contributed by atoms with Crippen LogP contribution in [-0.4, -0.2) is 0 Å². The van der Waals surface area contributed by atoms with E-state index >= 15 is 0 Å². The van der Waals surface area contributed by atoms with Crippen LogP contribution in [0.25, 0.3) is 42.4 Å². The smallest absolute Gasteiger partial charge is 0.0939 e. The minimum Gasteiger partial charge on any atom is -0.347 e. The Morgan fingerprint density at radius 3 is 1.75 bits per heavy atom. The highest BCUT2D eigenvalue weighted by molar-refractivity contribution is 7.22. The molecule has 0 radical (unpaired) electrons. The highest BCUT2D eigenvalue weighted by Gasteiger charge is 2.09. The number of hydrogen-bond acceptors (Lipinski definition) is 2. The molecule has 0 atom stereocenters. The molecule has 1 N–H and O–H groups in total. The van der Waals surface area contributed by atoms with Crippen LogP contribution in [0.1, 0.15) is 0 Å². The van der Waals surface area contributed by atoms with Crippen LogP contribution in [0.4, 0.5) is 10.7 Å². The second-order valence-corrected chi connectivity index (χ2v) is 8.21. The van der Waals surface area contributed by atoms with E-state index in [0.717, 1.165) is 5.69 Å². The lowest BCUT2D eigenvalue weighted by Gasteiger charge is -2.12. The van der Waals surface area contributed by atoms with E-state index in [1.54, 1.807) is 11.3 Å². The van der Waals surface area contributed by atoms with E-state index in [2.05, 4.69) is 102 Å². The average Bonchev–Trinajstić information content (AvgIpc) is 3.16. The van der Waals surface area contributed by atoms with Crippen LogP contribution in [-0.2, 0) is 0 Å². The van der Waals surface area contributed by atoms with Gasteiger partial charge in [0, 0.05) is 10.4 Å². The van der Waals surface area contributed by atoms with Crippen molar-refractivity contribution in [2.24, 2.45) is 0 Å². The van der Waals surface area contributed by atoms with Crippen molar-refractivity contribution < 1.29 is 0 Å². The fourth-order valence-electron chi connectivity index (χ4n) is 4.17. The molecule has 0 saturated carbocycles. The van der Waals surface area contributed by atoms with Crippen LogP contribution in [0.3, 0.4) is 0 Å². The number of nitrogens with one attached hydrogen (secondary N) is 1. The van der Waals surface area contributed by atoms with Gasteiger partial charge in [0.2, 0.25) is 0 Å². The Balaban J connectivity index is 1.57. The third kappa shape index (κ3) is 2.39. The Labute approximate surface area is 166 Å². The maximum absolute atomic E-state index is 3.62. The van der Waals surface area contributed by atoms with Gasteiger partial charge in [0.15, 0.2) is 0 Å². The van der Waals surface area contributed by atoms with E-state index < -0.39 is 0 Å². The molecule has 0 unspecified atom stereocenters. The Hall–Kier alpha value is -3.36. The van der Waals surface area contributed by atoms with Crippen LogP contribution in [0.5, 0.6) is 0 Å². The van der Waals surface area contributed by atoms with Gasteiger partial charge >= 0.3 is 0 Å². The van der Waals surface area contributed by atoms with Crippen molar-refractivity contribution in [3.8, 4) is 0 Å². The van der Waals surface area contributed by atoms with Gasteiger partial charge < -0.3 is 5.32 Å². The summed E-state index contributed by atoms with van der Waals surface area (Å²) < 4.78 is 1.31. The van der Waals surface area contributed by atoms with Crippen LogP contribution in [0.15, 0.2) is 97.1 Å². The molecule has 2 heteroatoms. The molecule has 0 saturated heterocycles. The average molecular weight is 375 g/mol. The van der Waals surface area contributed by atoms with Gasteiger partial charge in [-0.25, -0.2) is 0 Å². The molecule has 6 rings (SSSR count). The van der Waals surface area contributed by atoms with Gasteiger partial charge in [-0.3, -0.25) is 0 Å². The number of rotatable bonds is 2. The number of thiophene rings is 1. The van der Waals surface area contributed by atoms with E-state index in [-0.39, 0.29) is 0 Å². The van der Waals surface area contributed by atoms with Crippen LogP contribution < -0.4 is 5.32 Å². The number of hydrogen-bond donors (Lipinski definition) is 1. The topological polar surface area (TPSA) is 12.0 Å². The molecule has 1 heterocycles. The Morgan fingerprint density at radius 1 is 0.500 bits per heavy atom. The van der Waals surface area contributed by atoms with E-state index in [1.807, 2.05) is 0 Å². The summed E-state index contributed by atoms with van der Waals surface area (Å²) in [6.45, 7) is 0. The molecule has 132 valence electrons. The second-order valence-electron chi connectivity index (χ2n) is 7.13. The van der Waals surface area contributed by atoms with Gasteiger partial charge in [0.1, 0.15) is 0 Å². The summed E-state index contributed by atoms with van der Waals surface area (Å²) in [5.41, 5.74) is 1.12. The summed E-state index contributed by atoms with van der Waals surface area (Å²) in [4.78, 5) is 0. The molecular weight excluding hydrogens is 358 g/mol. The first-order valence-electron chi connectivity index (χ1n) is 9.46. The van der Waals surface area contributed by atoms with E-state index in [4.69, 9.17) is 0 Å². The minimum absolute atomic E-state index is 1.12. The molecule has 0 amide bonds. The van der Waals surface area contributed by atoms with Crippen LogP contribution in [0.2, 0.25) is 0 Å². The second kappa shape index (κ2) is 6.08. The molecule has 0 aliphatic heterocycles. The SMILES string of the molecule is c1ccc2sc(Nc3ccc4c5ccccc5c5ccccc5c4c3)cc2c1. The van der Waals surface area contributed by atoms with E-state index in [1.165, 1.54) is 47.4 Å². The number of fused-ring (bicyclic) bond motifs is 7. The fourth-order valence-corrected chi connectivity index (χ4v) is 5.15. The van der Waals surface area contributed by atoms with Crippen molar-refractivity contribution in [2.75, 3.05) is 5.32 Å². The Morgan fingerprint density at radius 2 is 1.07 bits per heavy atom. The Kier molecular flexibility index (Phi) is 3.40. The highest BCUT2D eigenvalue weighted by atomic mass is 32.1. The zero-order chi connectivity index (χ0) is 18.5. The summed E-state index contributed by atoms with van der Waals surface area (Å²) in [5.74, 6) is 0. The highest BCUT2D eigenvalue weighted by Crippen LogP contribution is 2.37. The zero-order valence-corrected chi connectivity index (χ0v) is 16.0. The molecule has 1 aromatic heterocycles. The summed E-state index contributed by atoms with van der Waals surface area (Å²) in [6.07, 6.45) is 0. The van der Waals surface area contributed by atoms with E-state index in [0.29, 0.717) is 0 Å². The first-order chi connectivity index (χ1) is 13.9. The van der Waals surface area contributed by atoms with E-state index in [9.17, 15) is 0 Å². The fraction of sp³-hybridized carbons (Fsp3) is 0. The van der Waals surface area contributed by atoms with Gasteiger partial charge in [-0.15, -0.1) is 11.3 Å². The Bertz CT molecular complexity index is 1420. The molecule has 0 spiro atoms. The monoisotopic (exact) mass is 375 g/mol. The van der Waals surface area contributed by atoms with Crippen molar-refractivity contribution in [3.05, 3.63) is 97.1 Å². The molecule has 0 aliphatic carbocycles. The molecule has 0 aliphatic rings. The first-order valence-corrected chi connectivity index (χ1v) is 10.3. The number of benzene rings is 5. The van der Waals surface area contributed by atoms with Crippen molar-refractivity contribution >= 4 is 64.4 Å². The largest absolute Gasteiger partial charge is 0.347 e. The van der Waals surface area contributed by atoms with Crippen LogP contribution in [0, 0.1) is 0 Å². The van der Waals surface area contributed by atoms with Crippen molar-refractivity contribution in [1.29, 1.82) is 0 Å². The lowest BCUT2D eigenvalue weighted by Crippen LogP contribution is -1.88. The predicted molar refractivity (Wildman–Crippen MR) is 124 cm³/mol. The summed E-state index contributed by atoms with van der Waals surface area (Å²) in [6, 6.07) is 34.9. The first kappa shape index (κ1) is 15.7. The molecule has 0 bridgehead atoms. The molecule has 5 aromatic carbocycles. The van der Waals surface area contributed by atoms with Crippen LogP contribution >= 0.6 is 11.3 Å². The third-order valence-electron chi connectivity index (χ3n) is 5.44. The molecule has 1 nitrogen and oxygen atoms in total. The maximum atomic E-state index is 3.62. The van der Waals surface area contributed by atoms with Gasteiger partial charge in [-0.2, -0.15) is 0 Å². The number of anilines is 2. The lowest BCUT2D eigenvalue weighted by atomic mass is 9.94. The van der Waals surface area contributed by atoms with Crippen molar-refractivity contribution in [1.82, 2.24) is 0 Å². The molecule has 6 aromatic rings. The lowest BCUT2D eigenvalue weighted by molar-refractivity contribution is 1.66. The maximum Gasteiger partial charge on any atom is 0.0939 e. The van der Waals surface area contributed by atoms with Crippen molar-refractivity contribution in [2.45, 2.75) is 0 Å². The summed E-state index contributed by atoms with van der Waals surface area (Å²) in [5, 5.41) is 13.9. The van der Waals surface area contributed by atoms with Gasteiger partial charge in [-0.1, -0.05) is 72.8 Å². The summed E-state index contributed by atoms with van der Waals surface area (Å²) in [7, 11) is 0. The quantitative estimate of drug-likeness (QED) is 0.301. The van der Waals surface area contributed by atoms with Gasteiger partial charge in [0.25, 0.3) is 0 Å². The summed E-state index contributed by atoms with van der Waals surface area (Å²) >= 11 is 1.79. The van der Waals surface area contributed by atoms with Gasteiger partial charge in [-0.05, 0) is 62.0 Å². The zero-order valence-electron chi connectivity index (χ0n) is 15.1.